The lowest BCUT2D eigenvalue weighted by atomic mass is 9.93. The van der Waals surface area contributed by atoms with Crippen molar-refractivity contribution in [2.75, 3.05) is 0 Å². The third-order valence-corrected chi connectivity index (χ3v) is 5.15. The SMILES string of the molecule is CC(NC(=O)c1cc2ccccc2n1Cc1ccccc1)C(=O)[C@H](C=O)C(N)C(=O)O. The van der Waals surface area contributed by atoms with Gasteiger partial charge in [0.05, 0.1) is 6.04 Å². The minimum Gasteiger partial charge on any atom is -0.480 e. The molecule has 1 heterocycles. The molecule has 160 valence electrons. The molecule has 3 rings (SSSR count). The number of carbonyl (C=O) groups is 4. The molecule has 0 fully saturated rings. The molecule has 0 aliphatic heterocycles. The van der Waals surface area contributed by atoms with Crippen molar-refractivity contribution in [3.8, 4) is 0 Å². The van der Waals surface area contributed by atoms with Gasteiger partial charge in [-0.3, -0.25) is 14.4 Å². The second-order valence-corrected chi connectivity index (χ2v) is 7.28. The summed E-state index contributed by atoms with van der Waals surface area (Å²) in [6.07, 6.45) is 0.205. The zero-order valence-corrected chi connectivity index (χ0v) is 16.9. The molecule has 0 spiro atoms. The summed E-state index contributed by atoms with van der Waals surface area (Å²) in [4.78, 5) is 47.9. The third-order valence-electron chi connectivity index (χ3n) is 5.15. The van der Waals surface area contributed by atoms with E-state index in [1.807, 2.05) is 59.2 Å². The van der Waals surface area contributed by atoms with Gasteiger partial charge in [-0.1, -0.05) is 48.5 Å². The minimum atomic E-state index is -1.67. The number of amides is 1. The van der Waals surface area contributed by atoms with Crippen LogP contribution in [0.2, 0.25) is 0 Å². The molecule has 2 unspecified atom stereocenters. The maximum absolute atomic E-state index is 13.0. The highest BCUT2D eigenvalue weighted by Gasteiger charge is 2.34. The molecule has 0 aliphatic carbocycles. The number of aromatic nitrogens is 1. The Hall–Kier alpha value is -3.78. The number of nitrogens with two attached hydrogens (primary N) is 1. The first kappa shape index (κ1) is 21.9. The molecule has 1 aromatic heterocycles. The minimum absolute atomic E-state index is 0.205. The number of hydrogen-bond donors (Lipinski definition) is 3. The van der Waals surface area contributed by atoms with Gasteiger partial charge in [0, 0.05) is 17.4 Å². The number of ketones is 1. The highest BCUT2D eigenvalue weighted by molar-refractivity contribution is 6.05. The maximum atomic E-state index is 13.0. The second kappa shape index (κ2) is 9.36. The summed E-state index contributed by atoms with van der Waals surface area (Å²) in [5, 5.41) is 12.4. The quantitative estimate of drug-likeness (QED) is 0.355. The van der Waals surface area contributed by atoms with Crippen molar-refractivity contribution in [1.29, 1.82) is 0 Å². The van der Waals surface area contributed by atoms with Gasteiger partial charge in [-0.05, 0) is 24.6 Å². The number of Topliss-reactive ketones (excluding diaryl/α,β-unsaturated/α-hetero) is 1. The van der Waals surface area contributed by atoms with E-state index in [4.69, 9.17) is 10.8 Å². The molecule has 3 aromatic rings. The molecule has 2 aromatic carbocycles. The zero-order chi connectivity index (χ0) is 22.5. The van der Waals surface area contributed by atoms with Crippen LogP contribution in [0.3, 0.4) is 0 Å². The van der Waals surface area contributed by atoms with E-state index in [1.165, 1.54) is 6.92 Å². The zero-order valence-electron chi connectivity index (χ0n) is 16.9. The summed E-state index contributed by atoms with van der Waals surface area (Å²) >= 11 is 0. The van der Waals surface area contributed by atoms with Gasteiger partial charge in [-0.25, -0.2) is 0 Å². The lowest BCUT2D eigenvalue weighted by Gasteiger charge is -2.20. The van der Waals surface area contributed by atoms with Crippen LogP contribution in [0, 0.1) is 5.92 Å². The number of carbonyl (C=O) groups excluding carboxylic acids is 3. The first-order valence-corrected chi connectivity index (χ1v) is 9.74. The maximum Gasteiger partial charge on any atom is 0.321 e. The number of aliphatic carboxylic acids is 1. The summed E-state index contributed by atoms with van der Waals surface area (Å²) in [6.45, 7) is 1.84. The van der Waals surface area contributed by atoms with Crippen molar-refractivity contribution in [3.05, 3.63) is 71.9 Å². The van der Waals surface area contributed by atoms with Gasteiger partial charge >= 0.3 is 5.97 Å². The number of nitrogens with zero attached hydrogens (tertiary/aromatic N) is 1. The summed E-state index contributed by atoms with van der Waals surface area (Å²) in [7, 11) is 0. The molecule has 0 saturated carbocycles. The highest BCUT2D eigenvalue weighted by atomic mass is 16.4. The average Bonchev–Trinajstić information content (AvgIpc) is 3.13. The Labute approximate surface area is 178 Å². The van der Waals surface area contributed by atoms with Crippen LogP contribution in [0.15, 0.2) is 60.7 Å². The predicted molar refractivity (Wildman–Crippen MR) is 115 cm³/mol. The molecule has 0 aliphatic rings. The highest BCUT2D eigenvalue weighted by Crippen LogP contribution is 2.21. The fourth-order valence-electron chi connectivity index (χ4n) is 3.45. The standard InChI is InChI=1S/C23H23N3O5/c1-14(21(28)17(13-27)20(24)23(30)31)25-22(29)19-11-16-9-5-6-10-18(16)26(19)12-15-7-3-2-4-8-15/h2-11,13-14,17,20H,12,24H2,1H3,(H,25,29)(H,30,31)/t14?,17-,20?/m1/s1. The summed E-state index contributed by atoms with van der Waals surface area (Å²) in [5.74, 6) is -4.29. The Kier molecular flexibility index (Phi) is 6.61. The smallest absolute Gasteiger partial charge is 0.321 e. The summed E-state index contributed by atoms with van der Waals surface area (Å²) < 4.78 is 1.84. The Balaban J connectivity index is 1.88. The van der Waals surface area contributed by atoms with E-state index in [2.05, 4.69) is 5.32 Å². The fourth-order valence-corrected chi connectivity index (χ4v) is 3.45. The molecule has 4 N–H and O–H groups in total. The summed E-state index contributed by atoms with van der Waals surface area (Å²) in [5.41, 5.74) is 7.64. The first-order valence-electron chi connectivity index (χ1n) is 9.74. The number of nitrogens with one attached hydrogen (secondary N) is 1. The lowest BCUT2D eigenvalue weighted by Crippen LogP contribution is -2.50. The molecule has 0 radical (unpaired) electrons. The van der Waals surface area contributed by atoms with Crippen LogP contribution in [0.5, 0.6) is 0 Å². The average molecular weight is 421 g/mol. The van der Waals surface area contributed by atoms with Gasteiger partial charge in [0.15, 0.2) is 5.78 Å². The molecule has 0 saturated heterocycles. The van der Waals surface area contributed by atoms with Gasteiger partial charge in [0.2, 0.25) is 0 Å². The molecule has 0 bridgehead atoms. The first-order chi connectivity index (χ1) is 14.8. The van der Waals surface area contributed by atoms with E-state index in [9.17, 15) is 19.2 Å². The van der Waals surface area contributed by atoms with Gasteiger partial charge in [0.1, 0.15) is 23.9 Å². The number of carboxylic acids is 1. The number of carboxylic acid groups (broad SMARTS) is 1. The number of rotatable bonds is 9. The second-order valence-electron chi connectivity index (χ2n) is 7.28. The Morgan fingerprint density at radius 2 is 1.74 bits per heavy atom. The van der Waals surface area contributed by atoms with Crippen molar-refractivity contribution in [1.82, 2.24) is 9.88 Å². The number of hydrogen-bond acceptors (Lipinski definition) is 5. The van der Waals surface area contributed by atoms with E-state index >= 15 is 0 Å². The van der Waals surface area contributed by atoms with Gasteiger partial charge < -0.3 is 25.5 Å². The molecule has 3 atom stereocenters. The third kappa shape index (κ3) is 4.70. The van der Waals surface area contributed by atoms with E-state index in [0.717, 1.165) is 16.5 Å². The van der Waals surface area contributed by atoms with Crippen molar-refractivity contribution in [2.45, 2.75) is 25.6 Å². The van der Waals surface area contributed by atoms with Crippen LogP contribution < -0.4 is 11.1 Å². The van der Waals surface area contributed by atoms with E-state index in [-0.39, 0.29) is 6.29 Å². The van der Waals surface area contributed by atoms with Crippen LogP contribution in [0.25, 0.3) is 10.9 Å². The van der Waals surface area contributed by atoms with Crippen molar-refractivity contribution >= 4 is 34.8 Å². The number of benzene rings is 2. The normalized spacial score (nSPS) is 13.9. The molecule has 31 heavy (non-hydrogen) atoms. The topological polar surface area (TPSA) is 131 Å². The van der Waals surface area contributed by atoms with Gasteiger partial charge in [-0.15, -0.1) is 0 Å². The molecule has 1 amide bonds. The Bertz CT molecular complexity index is 1120. The monoisotopic (exact) mass is 421 g/mol. The van der Waals surface area contributed by atoms with E-state index in [0.29, 0.717) is 12.2 Å². The molecular weight excluding hydrogens is 398 g/mol. The van der Waals surface area contributed by atoms with Gasteiger partial charge in [-0.2, -0.15) is 0 Å². The van der Waals surface area contributed by atoms with Crippen molar-refractivity contribution in [3.63, 3.8) is 0 Å². The van der Waals surface area contributed by atoms with Gasteiger partial charge in [0.25, 0.3) is 5.91 Å². The van der Waals surface area contributed by atoms with Crippen LogP contribution in [0.4, 0.5) is 0 Å². The Morgan fingerprint density at radius 3 is 2.39 bits per heavy atom. The number of aldehydes is 1. The lowest BCUT2D eigenvalue weighted by molar-refractivity contribution is -0.144. The summed E-state index contributed by atoms with van der Waals surface area (Å²) in [6, 6.07) is 16.1. The number of fused-ring (bicyclic) bond motifs is 1. The van der Waals surface area contributed by atoms with Crippen LogP contribution >= 0.6 is 0 Å². The largest absolute Gasteiger partial charge is 0.480 e. The van der Waals surface area contributed by atoms with E-state index < -0.39 is 35.7 Å². The molecule has 8 heteroatoms. The predicted octanol–water partition coefficient (Wildman–Crippen LogP) is 1.60. The van der Waals surface area contributed by atoms with Crippen LogP contribution in [0.1, 0.15) is 23.0 Å². The van der Waals surface area contributed by atoms with Crippen molar-refractivity contribution < 1.29 is 24.3 Å². The van der Waals surface area contributed by atoms with Crippen molar-refractivity contribution in [2.24, 2.45) is 11.7 Å². The number of para-hydroxylation sites is 1. The van der Waals surface area contributed by atoms with Crippen LogP contribution in [-0.4, -0.2) is 45.7 Å². The molecule has 8 nitrogen and oxygen atoms in total. The molecular formula is C23H23N3O5. The fraction of sp³-hybridized carbons (Fsp3) is 0.217. The Morgan fingerprint density at radius 1 is 1.10 bits per heavy atom. The van der Waals surface area contributed by atoms with E-state index in [1.54, 1.807) is 6.07 Å². The van der Waals surface area contributed by atoms with Crippen LogP contribution in [-0.2, 0) is 20.9 Å².